The zero-order valence-corrected chi connectivity index (χ0v) is 10.3. The predicted molar refractivity (Wildman–Crippen MR) is 60.3 cm³/mol. The highest BCUT2D eigenvalue weighted by atomic mass is 32.2. The van der Waals surface area contributed by atoms with Gasteiger partial charge in [-0.1, -0.05) is 20.3 Å². The molecule has 0 saturated carbocycles. The van der Waals surface area contributed by atoms with E-state index in [0.29, 0.717) is 12.5 Å². The fourth-order valence-corrected chi connectivity index (χ4v) is 3.96. The summed E-state index contributed by atoms with van der Waals surface area (Å²) in [5.74, 6) is 1.26. The van der Waals surface area contributed by atoms with Crippen LogP contribution in [0.5, 0.6) is 0 Å². The summed E-state index contributed by atoms with van der Waals surface area (Å²) in [5, 5.41) is 0.117. The van der Waals surface area contributed by atoms with Gasteiger partial charge < -0.3 is 9.47 Å². The highest BCUT2D eigenvalue weighted by Crippen LogP contribution is 2.33. The van der Waals surface area contributed by atoms with Crippen molar-refractivity contribution in [3.05, 3.63) is 0 Å². The average Bonchev–Trinajstić information content (AvgIpc) is 2.78. The van der Waals surface area contributed by atoms with E-state index in [9.17, 15) is 4.21 Å². The molecular weight excluding hydrogens is 212 g/mol. The highest BCUT2D eigenvalue weighted by Gasteiger charge is 2.47. The number of hydrogen-bond donors (Lipinski definition) is 0. The van der Waals surface area contributed by atoms with Crippen molar-refractivity contribution in [2.75, 3.05) is 19.0 Å². The van der Waals surface area contributed by atoms with Crippen molar-refractivity contribution < 1.29 is 13.7 Å². The summed E-state index contributed by atoms with van der Waals surface area (Å²) in [5.41, 5.74) is 0. The molecule has 2 rings (SSSR count). The molecule has 0 amide bonds. The lowest BCUT2D eigenvalue weighted by Crippen LogP contribution is -2.33. The molecular formula is C11H20O3S. The van der Waals surface area contributed by atoms with Crippen molar-refractivity contribution in [3.8, 4) is 0 Å². The number of fused-ring (bicyclic) bond motifs is 1. The summed E-state index contributed by atoms with van der Waals surface area (Å²) >= 11 is 0. The zero-order valence-electron chi connectivity index (χ0n) is 9.48. The van der Waals surface area contributed by atoms with Crippen LogP contribution in [0.4, 0.5) is 0 Å². The number of unbranched alkanes of at least 4 members (excludes halogenated alkanes) is 1. The Morgan fingerprint density at radius 1 is 1.27 bits per heavy atom. The third-order valence-corrected chi connectivity index (χ3v) is 5.06. The molecule has 0 N–H and O–H groups in total. The Morgan fingerprint density at radius 3 is 2.73 bits per heavy atom. The molecule has 4 heteroatoms. The summed E-state index contributed by atoms with van der Waals surface area (Å²) in [6, 6.07) is 0. The maximum absolute atomic E-state index is 12.0. The molecule has 0 bridgehead atoms. The summed E-state index contributed by atoms with van der Waals surface area (Å²) in [4.78, 5) is 0. The molecule has 0 radical (unpaired) electrons. The molecule has 5 atom stereocenters. The Hall–Kier alpha value is 0.0700. The molecule has 0 aromatic rings. The van der Waals surface area contributed by atoms with Crippen molar-refractivity contribution in [2.24, 2.45) is 5.92 Å². The van der Waals surface area contributed by atoms with E-state index in [1.807, 2.05) is 0 Å². The van der Waals surface area contributed by atoms with Gasteiger partial charge >= 0.3 is 0 Å². The van der Waals surface area contributed by atoms with Gasteiger partial charge in [0.05, 0.1) is 24.6 Å². The first-order chi connectivity index (χ1) is 7.24. The smallest absolute Gasteiger partial charge is 0.101 e. The second kappa shape index (κ2) is 4.93. The van der Waals surface area contributed by atoms with E-state index in [4.69, 9.17) is 9.47 Å². The highest BCUT2D eigenvalue weighted by molar-refractivity contribution is 7.85. The van der Waals surface area contributed by atoms with Crippen LogP contribution in [0, 0.1) is 5.92 Å². The molecule has 2 aliphatic heterocycles. The molecule has 0 spiro atoms. The molecule has 2 fully saturated rings. The third-order valence-electron chi connectivity index (χ3n) is 3.29. The largest absolute Gasteiger partial charge is 0.374 e. The second-order valence-corrected chi connectivity index (χ2v) is 6.33. The molecule has 0 aliphatic carbocycles. The van der Waals surface area contributed by atoms with Crippen molar-refractivity contribution in [1.82, 2.24) is 0 Å². The molecule has 2 aliphatic rings. The van der Waals surface area contributed by atoms with Crippen LogP contribution in [-0.4, -0.2) is 40.6 Å². The van der Waals surface area contributed by atoms with Crippen LogP contribution in [0.3, 0.4) is 0 Å². The van der Waals surface area contributed by atoms with E-state index in [1.54, 1.807) is 0 Å². The normalized spacial score (nSPS) is 41.7. The standard InChI is InChI=1S/C11H20O3S/c1-3-4-5-15(12)9-7-14-10-8(2)6-13-11(9)10/h8-11H,3-7H2,1-2H3. The number of rotatable bonds is 4. The first-order valence-corrected chi connectivity index (χ1v) is 7.22. The fourth-order valence-electron chi connectivity index (χ4n) is 2.32. The molecule has 2 saturated heterocycles. The first kappa shape index (κ1) is 11.6. The zero-order chi connectivity index (χ0) is 10.8. The van der Waals surface area contributed by atoms with E-state index < -0.39 is 10.8 Å². The average molecular weight is 232 g/mol. The minimum absolute atomic E-state index is 0.0951. The van der Waals surface area contributed by atoms with Gasteiger partial charge in [-0.25, -0.2) is 0 Å². The van der Waals surface area contributed by atoms with Crippen molar-refractivity contribution in [1.29, 1.82) is 0 Å². The van der Waals surface area contributed by atoms with Crippen molar-refractivity contribution in [2.45, 2.75) is 44.1 Å². The summed E-state index contributed by atoms with van der Waals surface area (Å²) in [7, 11) is -0.771. The first-order valence-electron chi connectivity index (χ1n) is 5.84. The quantitative estimate of drug-likeness (QED) is 0.733. The Balaban J connectivity index is 1.91. The molecule has 0 aromatic carbocycles. The van der Waals surface area contributed by atoms with E-state index in [1.165, 1.54) is 0 Å². The van der Waals surface area contributed by atoms with Gasteiger partial charge in [-0.3, -0.25) is 4.21 Å². The maximum Gasteiger partial charge on any atom is 0.101 e. The molecule has 2 heterocycles. The van der Waals surface area contributed by atoms with E-state index >= 15 is 0 Å². The molecule has 88 valence electrons. The van der Waals surface area contributed by atoms with Crippen LogP contribution in [0.15, 0.2) is 0 Å². The molecule has 0 aromatic heterocycles. The van der Waals surface area contributed by atoms with Crippen molar-refractivity contribution >= 4 is 10.8 Å². The lowest BCUT2D eigenvalue weighted by molar-refractivity contribution is 0.0660. The molecule has 15 heavy (non-hydrogen) atoms. The van der Waals surface area contributed by atoms with Crippen LogP contribution in [0.25, 0.3) is 0 Å². The van der Waals surface area contributed by atoms with Gasteiger partial charge in [0.15, 0.2) is 0 Å². The predicted octanol–water partition coefficient (Wildman–Crippen LogP) is 1.34. The SMILES string of the molecule is CCCCS(=O)C1COC2C(C)COC21. The Morgan fingerprint density at radius 2 is 2.00 bits per heavy atom. The maximum atomic E-state index is 12.0. The number of hydrogen-bond acceptors (Lipinski definition) is 3. The number of ether oxygens (including phenoxy) is 2. The third kappa shape index (κ3) is 2.27. The van der Waals surface area contributed by atoms with Gasteiger partial charge in [0.2, 0.25) is 0 Å². The monoisotopic (exact) mass is 232 g/mol. The Labute approximate surface area is 94.0 Å². The van der Waals surface area contributed by atoms with Gasteiger partial charge in [0, 0.05) is 22.5 Å². The van der Waals surface area contributed by atoms with Crippen LogP contribution in [0.2, 0.25) is 0 Å². The summed E-state index contributed by atoms with van der Waals surface area (Å²) in [6.45, 7) is 5.65. The van der Waals surface area contributed by atoms with E-state index in [-0.39, 0.29) is 17.5 Å². The fraction of sp³-hybridized carbons (Fsp3) is 1.00. The van der Waals surface area contributed by atoms with Crippen molar-refractivity contribution in [3.63, 3.8) is 0 Å². The molecule has 5 unspecified atom stereocenters. The van der Waals surface area contributed by atoms with Crippen LogP contribution in [-0.2, 0) is 20.3 Å². The lowest BCUT2D eigenvalue weighted by atomic mass is 10.0. The minimum atomic E-state index is -0.771. The summed E-state index contributed by atoms with van der Waals surface area (Å²) < 4.78 is 23.4. The molecule has 3 nitrogen and oxygen atoms in total. The Bertz CT molecular complexity index is 244. The lowest BCUT2D eigenvalue weighted by Gasteiger charge is -2.15. The van der Waals surface area contributed by atoms with E-state index in [0.717, 1.165) is 25.2 Å². The van der Waals surface area contributed by atoms with Gasteiger partial charge in [-0.2, -0.15) is 0 Å². The van der Waals surface area contributed by atoms with Gasteiger partial charge in [0.25, 0.3) is 0 Å². The van der Waals surface area contributed by atoms with Gasteiger partial charge in [0.1, 0.15) is 6.10 Å². The van der Waals surface area contributed by atoms with Crippen LogP contribution in [0.1, 0.15) is 26.7 Å². The minimum Gasteiger partial charge on any atom is -0.374 e. The Kier molecular flexibility index (Phi) is 3.80. The van der Waals surface area contributed by atoms with Gasteiger partial charge in [-0.15, -0.1) is 0 Å². The topological polar surface area (TPSA) is 35.5 Å². The van der Waals surface area contributed by atoms with Crippen LogP contribution < -0.4 is 0 Å². The van der Waals surface area contributed by atoms with E-state index in [2.05, 4.69) is 13.8 Å². The second-order valence-electron chi connectivity index (χ2n) is 4.55. The van der Waals surface area contributed by atoms with Gasteiger partial charge in [-0.05, 0) is 6.42 Å². The summed E-state index contributed by atoms with van der Waals surface area (Å²) in [6.07, 6.45) is 2.43. The van der Waals surface area contributed by atoms with Crippen LogP contribution >= 0.6 is 0 Å².